The van der Waals surface area contributed by atoms with E-state index in [1.54, 1.807) is 16.7 Å². The number of halogens is 2. The zero-order valence-corrected chi connectivity index (χ0v) is 10.5. The number of carbonyl (C=O) groups excluding carboxylic acids is 1. The molecule has 1 amide bonds. The molecule has 0 atom stereocenters. The van der Waals surface area contributed by atoms with Crippen molar-refractivity contribution in [1.29, 1.82) is 0 Å². The summed E-state index contributed by atoms with van der Waals surface area (Å²) >= 11 is 0. The first kappa shape index (κ1) is 12.7. The molecule has 2 aliphatic rings. The number of piperidine rings is 1. The highest BCUT2D eigenvalue weighted by Gasteiger charge is 2.62. The summed E-state index contributed by atoms with van der Waals surface area (Å²) in [6, 6.07) is 0. The molecule has 0 aliphatic carbocycles. The van der Waals surface area contributed by atoms with Crippen LogP contribution in [0.25, 0.3) is 0 Å². The zero-order chi connectivity index (χ0) is 12.7. The molecule has 0 aromatic carbocycles. The van der Waals surface area contributed by atoms with Crippen molar-refractivity contribution in [1.82, 2.24) is 9.80 Å². The highest BCUT2D eigenvalue weighted by atomic mass is 19.3. The first-order valence-corrected chi connectivity index (χ1v) is 6.32. The van der Waals surface area contributed by atoms with E-state index < -0.39 is 11.3 Å². The molecule has 2 fully saturated rings. The topological polar surface area (TPSA) is 23.6 Å². The number of alkyl halides is 2. The monoisotopic (exact) mass is 246 g/mol. The Morgan fingerprint density at radius 2 is 1.88 bits per heavy atom. The Labute approximate surface area is 101 Å². The Morgan fingerprint density at radius 1 is 1.24 bits per heavy atom. The van der Waals surface area contributed by atoms with Crippen LogP contribution in [0.3, 0.4) is 0 Å². The maximum atomic E-state index is 14.1. The molecule has 3 nitrogen and oxygen atoms in total. The van der Waals surface area contributed by atoms with Gasteiger partial charge in [0.15, 0.2) is 0 Å². The summed E-state index contributed by atoms with van der Waals surface area (Å²) in [6.45, 7) is 5.39. The Bertz CT molecular complexity index is 314. The third-order valence-corrected chi connectivity index (χ3v) is 4.19. The maximum absolute atomic E-state index is 14.1. The van der Waals surface area contributed by atoms with Crippen molar-refractivity contribution in [2.45, 2.75) is 32.6 Å². The van der Waals surface area contributed by atoms with Crippen molar-refractivity contribution in [3.05, 3.63) is 0 Å². The van der Waals surface area contributed by atoms with Gasteiger partial charge >= 0.3 is 0 Å². The summed E-state index contributed by atoms with van der Waals surface area (Å²) in [4.78, 5) is 14.8. The molecule has 0 aromatic rings. The molecular formula is C12H20F2N2O. The van der Waals surface area contributed by atoms with Crippen molar-refractivity contribution >= 4 is 5.91 Å². The number of amides is 1. The minimum absolute atomic E-state index is 0.00986. The minimum Gasteiger partial charge on any atom is -0.341 e. The number of carbonyl (C=O) groups is 1. The van der Waals surface area contributed by atoms with Crippen LogP contribution < -0.4 is 0 Å². The van der Waals surface area contributed by atoms with E-state index in [9.17, 15) is 13.6 Å². The van der Waals surface area contributed by atoms with Gasteiger partial charge in [-0.05, 0) is 19.5 Å². The average Bonchev–Trinajstić information content (AvgIpc) is 2.24. The van der Waals surface area contributed by atoms with E-state index in [-0.39, 0.29) is 25.5 Å². The lowest BCUT2D eigenvalue weighted by Crippen LogP contribution is -2.70. The van der Waals surface area contributed by atoms with Crippen LogP contribution in [0, 0.1) is 5.41 Å². The molecule has 98 valence electrons. The molecular weight excluding hydrogens is 226 g/mol. The summed E-state index contributed by atoms with van der Waals surface area (Å²) in [5.41, 5.74) is -0.941. The number of nitrogens with zero attached hydrogens (tertiary/aromatic N) is 2. The normalized spacial score (nSPS) is 26.9. The lowest BCUT2D eigenvalue weighted by atomic mass is 9.69. The van der Waals surface area contributed by atoms with Gasteiger partial charge in [0.05, 0.1) is 12.0 Å². The van der Waals surface area contributed by atoms with Crippen molar-refractivity contribution in [3.63, 3.8) is 0 Å². The van der Waals surface area contributed by atoms with Crippen LogP contribution in [0.5, 0.6) is 0 Å². The Morgan fingerprint density at radius 3 is 2.35 bits per heavy atom. The fraction of sp³-hybridized carbons (Fsp3) is 0.917. The van der Waals surface area contributed by atoms with Gasteiger partial charge in [0, 0.05) is 19.5 Å². The van der Waals surface area contributed by atoms with E-state index in [4.69, 9.17) is 0 Å². The van der Waals surface area contributed by atoms with E-state index in [0.29, 0.717) is 19.4 Å². The van der Waals surface area contributed by atoms with Crippen molar-refractivity contribution in [2.75, 3.05) is 32.7 Å². The van der Waals surface area contributed by atoms with Crippen LogP contribution in [0.2, 0.25) is 0 Å². The predicted octanol–water partition coefficient (Wildman–Crippen LogP) is 1.59. The third kappa shape index (κ3) is 1.94. The summed E-state index contributed by atoms with van der Waals surface area (Å²) in [5, 5.41) is 0. The Kier molecular flexibility index (Phi) is 3.14. The molecule has 2 aliphatic heterocycles. The smallest absolute Gasteiger partial charge is 0.269 e. The molecule has 0 bridgehead atoms. The second kappa shape index (κ2) is 4.19. The Hall–Kier alpha value is -0.710. The SMILES string of the molecule is CCC(=O)N1CC2(CCN(CC)CC2(F)F)C1. The zero-order valence-electron chi connectivity index (χ0n) is 10.5. The third-order valence-electron chi connectivity index (χ3n) is 4.19. The van der Waals surface area contributed by atoms with E-state index in [1.807, 2.05) is 6.92 Å². The van der Waals surface area contributed by atoms with Gasteiger partial charge in [-0.3, -0.25) is 9.69 Å². The van der Waals surface area contributed by atoms with Crippen LogP contribution >= 0.6 is 0 Å². The van der Waals surface area contributed by atoms with Gasteiger partial charge in [-0.1, -0.05) is 13.8 Å². The molecule has 2 saturated heterocycles. The average molecular weight is 246 g/mol. The highest BCUT2D eigenvalue weighted by Crippen LogP contribution is 2.50. The van der Waals surface area contributed by atoms with Crippen LogP contribution in [0.1, 0.15) is 26.7 Å². The molecule has 2 rings (SSSR count). The highest BCUT2D eigenvalue weighted by molar-refractivity contribution is 5.77. The van der Waals surface area contributed by atoms with E-state index in [2.05, 4.69) is 0 Å². The van der Waals surface area contributed by atoms with Crippen LogP contribution in [-0.2, 0) is 4.79 Å². The fourth-order valence-electron chi connectivity index (χ4n) is 2.83. The fourth-order valence-corrected chi connectivity index (χ4v) is 2.83. The van der Waals surface area contributed by atoms with Crippen molar-refractivity contribution < 1.29 is 13.6 Å². The molecule has 17 heavy (non-hydrogen) atoms. The van der Waals surface area contributed by atoms with Gasteiger partial charge in [-0.15, -0.1) is 0 Å². The minimum atomic E-state index is -2.66. The first-order valence-electron chi connectivity index (χ1n) is 6.32. The summed E-state index contributed by atoms with van der Waals surface area (Å²) in [7, 11) is 0. The molecule has 0 unspecified atom stereocenters. The second-order valence-corrected chi connectivity index (χ2v) is 5.21. The van der Waals surface area contributed by atoms with E-state index >= 15 is 0 Å². The van der Waals surface area contributed by atoms with Gasteiger partial charge in [0.2, 0.25) is 5.91 Å². The molecule has 0 radical (unpaired) electrons. The molecule has 1 spiro atoms. The second-order valence-electron chi connectivity index (χ2n) is 5.21. The van der Waals surface area contributed by atoms with Crippen molar-refractivity contribution in [2.24, 2.45) is 5.41 Å². The van der Waals surface area contributed by atoms with Gasteiger partial charge in [0.1, 0.15) is 0 Å². The van der Waals surface area contributed by atoms with Gasteiger partial charge < -0.3 is 4.90 Å². The predicted molar refractivity (Wildman–Crippen MR) is 61.0 cm³/mol. The first-order chi connectivity index (χ1) is 7.94. The van der Waals surface area contributed by atoms with E-state index in [0.717, 1.165) is 6.54 Å². The van der Waals surface area contributed by atoms with Gasteiger partial charge in [0.25, 0.3) is 5.92 Å². The standard InChI is InChI=1S/C12H20F2N2O/c1-3-10(17)16-7-11(8-16)5-6-15(4-2)9-12(11,13)14/h3-9H2,1-2H3. The van der Waals surface area contributed by atoms with Gasteiger partial charge in [-0.2, -0.15) is 0 Å². The molecule has 0 aromatic heterocycles. The van der Waals surface area contributed by atoms with Gasteiger partial charge in [-0.25, -0.2) is 8.78 Å². The molecule has 0 saturated carbocycles. The van der Waals surface area contributed by atoms with Crippen LogP contribution in [0.15, 0.2) is 0 Å². The van der Waals surface area contributed by atoms with Crippen molar-refractivity contribution in [3.8, 4) is 0 Å². The lowest BCUT2D eigenvalue weighted by molar-refractivity contribution is -0.223. The quantitative estimate of drug-likeness (QED) is 0.738. The summed E-state index contributed by atoms with van der Waals surface area (Å²) in [6.07, 6.45) is 0.907. The Balaban J connectivity index is 2.02. The molecule has 2 heterocycles. The molecule has 5 heteroatoms. The maximum Gasteiger partial charge on any atom is 0.269 e. The molecule has 0 N–H and O–H groups in total. The van der Waals surface area contributed by atoms with E-state index in [1.165, 1.54) is 0 Å². The largest absolute Gasteiger partial charge is 0.341 e. The summed E-state index contributed by atoms with van der Waals surface area (Å²) in [5.74, 6) is -2.67. The lowest BCUT2D eigenvalue weighted by Gasteiger charge is -2.57. The number of rotatable bonds is 2. The van der Waals surface area contributed by atoms with Crippen LogP contribution in [-0.4, -0.2) is 54.4 Å². The number of likely N-dealkylation sites (tertiary alicyclic amines) is 2. The number of hydrogen-bond acceptors (Lipinski definition) is 2. The summed E-state index contributed by atoms with van der Waals surface area (Å²) < 4.78 is 28.2. The number of hydrogen-bond donors (Lipinski definition) is 0. The van der Waals surface area contributed by atoms with Crippen LogP contribution in [0.4, 0.5) is 8.78 Å².